The van der Waals surface area contributed by atoms with Crippen LogP contribution in [0.3, 0.4) is 0 Å². The van der Waals surface area contributed by atoms with Crippen molar-refractivity contribution in [1.82, 2.24) is 10.2 Å². The van der Waals surface area contributed by atoms with E-state index in [1.54, 1.807) is 0 Å². The van der Waals surface area contributed by atoms with E-state index in [9.17, 15) is 0 Å². The Balaban J connectivity index is 2.21. The molecular weight excluding hydrogens is 236 g/mol. The maximum atomic E-state index is 5.73. The third-order valence-corrected chi connectivity index (χ3v) is 4.52. The van der Waals surface area contributed by atoms with Crippen molar-refractivity contribution in [2.45, 2.75) is 46.5 Å². The van der Waals surface area contributed by atoms with Gasteiger partial charge in [0.15, 0.2) is 0 Å². The van der Waals surface area contributed by atoms with Crippen molar-refractivity contribution >= 4 is 0 Å². The molecule has 3 heteroatoms. The summed E-state index contributed by atoms with van der Waals surface area (Å²) in [5.41, 5.74) is 0.418. The van der Waals surface area contributed by atoms with Crippen LogP contribution in [0.15, 0.2) is 0 Å². The van der Waals surface area contributed by atoms with E-state index in [2.05, 4.69) is 38.0 Å². The molecule has 0 aromatic heterocycles. The smallest absolute Gasteiger partial charge is 0.0593 e. The molecule has 0 saturated heterocycles. The third kappa shape index (κ3) is 6.73. The number of nitrogens with one attached hydrogen (secondary N) is 1. The fraction of sp³-hybridized carbons (Fsp3) is 1.00. The maximum absolute atomic E-state index is 5.73. The van der Waals surface area contributed by atoms with Gasteiger partial charge in [-0.05, 0) is 50.6 Å². The van der Waals surface area contributed by atoms with Gasteiger partial charge in [0.25, 0.3) is 0 Å². The molecule has 0 unspecified atom stereocenters. The SMILES string of the molecule is CCNCC(CC)(CC)CN(C)CCOCC1CC1. The lowest BCUT2D eigenvalue weighted by Gasteiger charge is -2.36. The van der Waals surface area contributed by atoms with Gasteiger partial charge >= 0.3 is 0 Å². The Morgan fingerprint density at radius 2 is 1.89 bits per heavy atom. The van der Waals surface area contributed by atoms with Crippen LogP contribution < -0.4 is 5.32 Å². The van der Waals surface area contributed by atoms with E-state index in [1.165, 1.54) is 32.2 Å². The molecule has 1 N–H and O–H groups in total. The maximum Gasteiger partial charge on any atom is 0.0593 e. The van der Waals surface area contributed by atoms with Crippen molar-refractivity contribution in [3.8, 4) is 0 Å². The summed E-state index contributed by atoms with van der Waals surface area (Å²) in [6.07, 6.45) is 5.24. The standard InChI is InChI=1S/C16H34N2O/c1-5-16(6-2,13-17-7-3)14-18(4)10-11-19-12-15-8-9-15/h15,17H,5-14H2,1-4H3. The molecule has 0 aliphatic heterocycles. The molecule has 114 valence electrons. The molecule has 1 fully saturated rings. The number of nitrogens with zero attached hydrogens (tertiary/aromatic N) is 1. The normalized spacial score (nSPS) is 16.3. The number of likely N-dealkylation sites (N-methyl/N-ethyl adjacent to an activating group) is 1. The highest BCUT2D eigenvalue weighted by Gasteiger charge is 2.27. The van der Waals surface area contributed by atoms with Gasteiger partial charge in [-0.25, -0.2) is 0 Å². The number of ether oxygens (including phenoxy) is 1. The van der Waals surface area contributed by atoms with Crippen LogP contribution in [0.25, 0.3) is 0 Å². The Morgan fingerprint density at radius 3 is 2.42 bits per heavy atom. The van der Waals surface area contributed by atoms with E-state index in [-0.39, 0.29) is 0 Å². The second-order valence-electron chi connectivity index (χ2n) is 6.24. The first kappa shape index (κ1) is 16.9. The van der Waals surface area contributed by atoms with Crippen molar-refractivity contribution in [2.24, 2.45) is 11.3 Å². The van der Waals surface area contributed by atoms with Crippen molar-refractivity contribution in [3.05, 3.63) is 0 Å². The lowest BCUT2D eigenvalue weighted by molar-refractivity contribution is 0.0833. The quantitative estimate of drug-likeness (QED) is 0.552. The van der Waals surface area contributed by atoms with E-state index in [0.29, 0.717) is 5.41 Å². The summed E-state index contributed by atoms with van der Waals surface area (Å²) >= 11 is 0. The molecule has 1 saturated carbocycles. The van der Waals surface area contributed by atoms with Gasteiger partial charge in [-0.3, -0.25) is 0 Å². The monoisotopic (exact) mass is 270 g/mol. The van der Waals surface area contributed by atoms with E-state index >= 15 is 0 Å². The zero-order chi connectivity index (χ0) is 14.1. The van der Waals surface area contributed by atoms with Gasteiger partial charge in [-0.2, -0.15) is 0 Å². The van der Waals surface area contributed by atoms with Crippen LogP contribution in [0.2, 0.25) is 0 Å². The summed E-state index contributed by atoms with van der Waals surface area (Å²) in [7, 11) is 2.23. The molecule has 0 atom stereocenters. The lowest BCUT2D eigenvalue weighted by Crippen LogP contribution is -2.43. The largest absolute Gasteiger partial charge is 0.380 e. The van der Waals surface area contributed by atoms with Gasteiger partial charge in [-0.1, -0.05) is 20.8 Å². The van der Waals surface area contributed by atoms with Gasteiger partial charge in [0, 0.05) is 26.2 Å². The molecule has 0 amide bonds. The molecule has 1 aliphatic carbocycles. The zero-order valence-electron chi connectivity index (χ0n) is 13.5. The highest BCUT2D eigenvalue weighted by Crippen LogP contribution is 2.29. The molecular formula is C16H34N2O. The molecule has 19 heavy (non-hydrogen) atoms. The van der Waals surface area contributed by atoms with E-state index in [4.69, 9.17) is 4.74 Å². The van der Waals surface area contributed by atoms with Crippen LogP contribution in [0, 0.1) is 11.3 Å². The van der Waals surface area contributed by atoms with Crippen LogP contribution in [0.5, 0.6) is 0 Å². The number of hydrogen-bond acceptors (Lipinski definition) is 3. The van der Waals surface area contributed by atoms with Crippen LogP contribution >= 0.6 is 0 Å². The van der Waals surface area contributed by atoms with Gasteiger partial charge < -0.3 is 15.0 Å². The average Bonchev–Trinajstić information content (AvgIpc) is 3.24. The lowest BCUT2D eigenvalue weighted by atomic mass is 9.81. The van der Waals surface area contributed by atoms with Crippen LogP contribution in [0.1, 0.15) is 46.5 Å². The number of rotatable bonds is 12. The van der Waals surface area contributed by atoms with Gasteiger partial charge in [0.05, 0.1) is 6.61 Å². The number of hydrogen-bond donors (Lipinski definition) is 1. The predicted octanol–water partition coefficient (Wildman–Crippen LogP) is 2.76. The first-order valence-electron chi connectivity index (χ1n) is 8.12. The molecule has 0 aromatic carbocycles. The Labute approximate surface area is 120 Å². The minimum absolute atomic E-state index is 0.418. The molecule has 0 aromatic rings. The molecule has 0 spiro atoms. The molecule has 0 radical (unpaired) electrons. The fourth-order valence-corrected chi connectivity index (χ4v) is 2.58. The van der Waals surface area contributed by atoms with E-state index in [1.807, 2.05) is 0 Å². The predicted molar refractivity (Wildman–Crippen MR) is 82.6 cm³/mol. The Hall–Kier alpha value is -0.120. The minimum atomic E-state index is 0.418. The van der Waals surface area contributed by atoms with Crippen molar-refractivity contribution in [2.75, 3.05) is 46.4 Å². The third-order valence-electron chi connectivity index (χ3n) is 4.52. The summed E-state index contributed by atoms with van der Waals surface area (Å²) in [6, 6.07) is 0. The fourth-order valence-electron chi connectivity index (χ4n) is 2.58. The highest BCUT2D eigenvalue weighted by atomic mass is 16.5. The Kier molecular flexibility index (Phi) is 7.96. The average molecular weight is 270 g/mol. The zero-order valence-corrected chi connectivity index (χ0v) is 13.5. The molecule has 1 rings (SSSR count). The first-order valence-corrected chi connectivity index (χ1v) is 8.12. The summed E-state index contributed by atoms with van der Waals surface area (Å²) in [6.45, 7) is 13.1. The van der Waals surface area contributed by atoms with Crippen molar-refractivity contribution in [1.29, 1.82) is 0 Å². The van der Waals surface area contributed by atoms with E-state index < -0.39 is 0 Å². The Morgan fingerprint density at radius 1 is 1.21 bits per heavy atom. The molecule has 3 nitrogen and oxygen atoms in total. The highest BCUT2D eigenvalue weighted by molar-refractivity contribution is 4.82. The van der Waals surface area contributed by atoms with E-state index in [0.717, 1.165) is 38.8 Å². The van der Waals surface area contributed by atoms with Crippen LogP contribution in [0.4, 0.5) is 0 Å². The van der Waals surface area contributed by atoms with Crippen LogP contribution in [-0.2, 0) is 4.74 Å². The summed E-state index contributed by atoms with van der Waals surface area (Å²) in [5.74, 6) is 0.879. The minimum Gasteiger partial charge on any atom is -0.380 e. The molecule has 0 heterocycles. The first-order chi connectivity index (χ1) is 9.15. The van der Waals surface area contributed by atoms with Crippen LogP contribution in [-0.4, -0.2) is 51.3 Å². The van der Waals surface area contributed by atoms with Gasteiger partial charge in [-0.15, -0.1) is 0 Å². The summed E-state index contributed by atoms with van der Waals surface area (Å²) in [5, 5.41) is 3.53. The molecule has 0 bridgehead atoms. The summed E-state index contributed by atoms with van der Waals surface area (Å²) in [4.78, 5) is 2.44. The molecule has 1 aliphatic rings. The van der Waals surface area contributed by atoms with Gasteiger partial charge in [0.1, 0.15) is 0 Å². The van der Waals surface area contributed by atoms with Crippen molar-refractivity contribution < 1.29 is 4.74 Å². The second kappa shape index (κ2) is 8.93. The summed E-state index contributed by atoms with van der Waals surface area (Å²) < 4.78 is 5.73. The topological polar surface area (TPSA) is 24.5 Å². The Bertz CT molecular complexity index is 225. The van der Waals surface area contributed by atoms with Crippen molar-refractivity contribution in [3.63, 3.8) is 0 Å². The van der Waals surface area contributed by atoms with Gasteiger partial charge in [0.2, 0.25) is 0 Å². The second-order valence-corrected chi connectivity index (χ2v) is 6.24.